The zero-order chi connectivity index (χ0) is 15.4. The third-order valence-corrected chi connectivity index (χ3v) is 3.28. The summed E-state index contributed by atoms with van der Waals surface area (Å²) in [6.07, 6.45) is 0. The zero-order valence-electron chi connectivity index (χ0n) is 12.3. The summed E-state index contributed by atoms with van der Waals surface area (Å²) in [4.78, 5) is 12.4. The van der Waals surface area contributed by atoms with Gasteiger partial charge in [-0.1, -0.05) is 30.3 Å². The summed E-state index contributed by atoms with van der Waals surface area (Å²) in [5, 5.41) is 16.5. The van der Waals surface area contributed by atoms with E-state index in [-0.39, 0.29) is 12.5 Å². The van der Waals surface area contributed by atoms with Gasteiger partial charge in [0.2, 0.25) is 5.88 Å². The maximum Gasteiger partial charge on any atom is 0.259 e. The number of amides is 1. The molecule has 0 spiro atoms. The molecule has 0 radical (unpaired) electrons. The summed E-state index contributed by atoms with van der Waals surface area (Å²) in [6.45, 7) is 1.56. The first-order chi connectivity index (χ1) is 10.1. The van der Waals surface area contributed by atoms with Gasteiger partial charge in [0.15, 0.2) is 0 Å². The van der Waals surface area contributed by atoms with Crippen molar-refractivity contribution in [2.24, 2.45) is 7.05 Å². The van der Waals surface area contributed by atoms with Gasteiger partial charge in [0.1, 0.15) is 5.56 Å². The van der Waals surface area contributed by atoms with Crippen LogP contribution in [0.2, 0.25) is 0 Å². The number of benzene rings is 1. The summed E-state index contributed by atoms with van der Waals surface area (Å²) in [6, 6.07) is 8.85. The number of carbonyl (C=O) groups excluding carboxylic acids is 1. The van der Waals surface area contributed by atoms with Crippen LogP contribution in [0, 0.1) is 6.92 Å². The lowest BCUT2D eigenvalue weighted by Gasteiger charge is -2.17. The predicted octanol–water partition coefficient (Wildman–Crippen LogP) is 1.20. The molecule has 0 saturated heterocycles. The fourth-order valence-corrected chi connectivity index (χ4v) is 2.28. The molecular weight excluding hydrogens is 270 g/mol. The molecule has 1 amide bonds. The number of nitrogens with zero attached hydrogens (tertiary/aromatic N) is 2. The molecule has 0 unspecified atom stereocenters. The van der Waals surface area contributed by atoms with Gasteiger partial charge < -0.3 is 15.2 Å². The SMILES string of the molecule is COc1c(C(=O)N[C@H](CO)c2ccccc2)c(C)nn1C. The van der Waals surface area contributed by atoms with Crippen LogP contribution in [0.3, 0.4) is 0 Å². The molecule has 0 aliphatic heterocycles. The Kier molecular flexibility index (Phi) is 4.59. The van der Waals surface area contributed by atoms with Crippen molar-refractivity contribution in [1.29, 1.82) is 0 Å². The molecule has 0 bridgehead atoms. The van der Waals surface area contributed by atoms with E-state index in [9.17, 15) is 9.90 Å². The number of aliphatic hydroxyl groups excluding tert-OH is 1. The highest BCUT2D eigenvalue weighted by molar-refractivity contribution is 5.97. The van der Waals surface area contributed by atoms with Gasteiger partial charge in [-0.2, -0.15) is 5.10 Å². The summed E-state index contributed by atoms with van der Waals surface area (Å²) < 4.78 is 6.73. The minimum atomic E-state index is -0.469. The number of hydrogen-bond donors (Lipinski definition) is 2. The van der Waals surface area contributed by atoms with Crippen LogP contribution in [0.1, 0.15) is 27.7 Å². The Balaban J connectivity index is 2.25. The highest BCUT2D eigenvalue weighted by atomic mass is 16.5. The van der Waals surface area contributed by atoms with Gasteiger partial charge in [-0.3, -0.25) is 4.79 Å². The molecule has 112 valence electrons. The number of hydrogen-bond acceptors (Lipinski definition) is 4. The second kappa shape index (κ2) is 6.41. The van der Waals surface area contributed by atoms with E-state index in [1.807, 2.05) is 30.3 Å². The number of methoxy groups -OCH3 is 1. The molecule has 1 atom stereocenters. The van der Waals surface area contributed by atoms with E-state index in [2.05, 4.69) is 10.4 Å². The molecule has 0 aliphatic carbocycles. The second-order valence-electron chi connectivity index (χ2n) is 4.71. The zero-order valence-corrected chi connectivity index (χ0v) is 12.3. The van der Waals surface area contributed by atoms with Crippen molar-refractivity contribution in [2.45, 2.75) is 13.0 Å². The van der Waals surface area contributed by atoms with Crippen LogP contribution in [-0.4, -0.2) is 34.5 Å². The van der Waals surface area contributed by atoms with Crippen molar-refractivity contribution in [3.05, 3.63) is 47.2 Å². The Hall–Kier alpha value is -2.34. The summed E-state index contributed by atoms with van der Waals surface area (Å²) in [7, 11) is 3.21. The molecule has 21 heavy (non-hydrogen) atoms. The molecule has 0 saturated carbocycles. The van der Waals surface area contributed by atoms with Crippen LogP contribution in [0.4, 0.5) is 0 Å². The number of ether oxygens (including phenoxy) is 1. The van der Waals surface area contributed by atoms with Crippen LogP contribution < -0.4 is 10.1 Å². The average Bonchev–Trinajstić information content (AvgIpc) is 2.79. The first kappa shape index (κ1) is 15.1. The molecule has 2 aromatic rings. The number of carbonyl (C=O) groups is 1. The molecule has 6 heteroatoms. The van der Waals surface area contributed by atoms with Crippen molar-refractivity contribution in [3.8, 4) is 5.88 Å². The quantitative estimate of drug-likeness (QED) is 0.867. The highest BCUT2D eigenvalue weighted by Crippen LogP contribution is 2.22. The second-order valence-corrected chi connectivity index (χ2v) is 4.71. The molecule has 2 N–H and O–H groups in total. The van der Waals surface area contributed by atoms with Crippen molar-refractivity contribution in [2.75, 3.05) is 13.7 Å². The lowest BCUT2D eigenvalue weighted by atomic mass is 10.1. The Morgan fingerprint density at radius 3 is 2.67 bits per heavy atom. The number of nitrogens with one attached hydrogen (secondary N) is 1. The van der Waals surface area contributed by atoms with Crippen molar-refractivity contribution in [3.63, 3.8) is 0 Å². The number of aliphatic hydroxyl groups is 1. The highest BCUT2D eigenvalue weighted by Gasteiger charge is 2.23. The first-order valence-electron chi connectivity index (χ1n) is 6.62. The van der Waals surface area contributed by atoms with Gasteiger partial charge in [-0.05, 0) is 12.5 Å². The number of rotatable bonds is 5. The smallest absolute Gasteiger partial charge is 0.259 e. The van der Waals surface area contributed by atoms with Gasteiger partial charge in [-0.15, -0.1) is 0 Å². The largest absolute Gasteiger partial charge is 0.481 e. The van der Waals surface area contributed by atoms with E-state index in [1.165, 1.54) is 11.8 Å². The van der Waals surface area contributed by atoms with Gasteiger partial charge in [0.25, 0.3) is 5.91 Å². The lowest BCUT2D eigenvalue weighted by Crippen LogP contribution is -2.31. The molecule has 6 nitrogen and oxygen atoms in total. The Morgan fingerprint density at radius 2 is 2.10 bits per heavy atom. The van der Waals surface area contributed by atoms with E-state index in [4.69, 9.17) is 4.74 Å². The Morgan fingerprint density at radius 1 is 1.43 bits per heavy atom. The van der Waals surface area contributed by atoms with Crippen LogP contribution in [0.5, 0.6) is 5.88 Å². The van der Waals surface area contributed by atoms with Gasteiger partial charge in [-0.25, -0.2) is 4.68 Å². The molecule has 1 heterocycles. The number of aromatic nitrogens is 2. The van der Waals surface area contributed by atoms with E-state index >= 15 is 0 Å². The van der Waals surface area contributed by atoms with Gasteiger partial charge in [0.05, 0.1) is 25.5 Å². The fraction of sp³-hybridized carbons (Fsp3) is 0.333. The monoisotopic (exact) mass is 289 g/mol. The van der Waals surface area contributed by atoms with Crippen molar-refractivity contribution in [1.82, 2.24) is 15.1 Å². The van der Waals surface area contributed by atoms with E-state index in [1.54, 1.807) is 14.0 Å². The van der Waals surface area contributed by atoms with Crippen molar-refractivity contribution < 1.29 is 14.6 Å². The van der Waals surface area contributed by atoms with Crippen molar-refractivity contribution >= 4 is 5.91 Å². The molecule has 1 aromatic heterocycles. The maximum atomic E-state index is 12.4. The molecule has 0 fully saturated rings. The van der Waals surface area contributed by atoms with Gasteiger partial charge >= 0.3 is 0 Å². The normalized spacial score (nSPS) is 12.0. The van der Waals surface area contributed by atoms with Crippen LogP contribution in [0.15, 0.2) is 30.3 Å². The lowest BCUT2D eigenvalue weighted by molar-refractivity contribution is 0.0912. The summed E-state index contributed by atoms with van der Waals surface area (Å²) in [5.74, 6) is 0.0788. The first-order valence-corrected chi connectivity index (χ1v) is 6.62. The minimum absolute atomic E-state index is 0.183. The Labute approximate surface area is 123 Å². The average molecular weight is 289 g/mol. The molecule has 0 aliphatic rings. The Bertz CT molecular complexity index is 623. The van der Waals surface area contributed by atoms with Crippen LogP contribution in [-0.2, 0) is 7.05 Å². The van der Waals surface area contributed by atoms with E-state index in [0.29, 0.717) is 17.1 Å². The van der Waals surface area contributed by atoms with E-state index in [0.717, 1.165) is 5.56 Å². The minimum Gasteiger partial charge on any atom is -0.481 e. The molecule has 1 aromatic carbocycles. The van der Waals surface area contributed by atoms with Crippen LogP contribution >= 0.6 is 0 Å². The number of aryl methyl sites for hydroxylation is 2. The van der Waals surface area contributed by atoms with E-state index < -0.39 is 6.04 Å². The van der Waals surface area contributed by atoms with Crippen LogP contribution in [0.25, 0.3) is 0 Å². The molecular formula is C15H19N3O3. The third kappa shape index (κ3) is 3.05. The fourth-order valence-electron chi connectivity index (χ4n) is 2.28. The summed E-state index contributed by atoms with van der Waals surface area (Å²) in [5.41, 5.74) is 1.81. The molecule has 2 rings (SSSR count). The standard InChI is InChI=1S/C15H19N3O3/c1-10-13(15(21-3)18(2)17-10)14(20)16-12(9-19)11-7-5-4-6-8-11/h4-8,12,19H,9H2,1-3H3,(H,16,20)/t12-/m1/s1. The topological polar surface area (TPSA) is 76.4 Å². The maximum absolute atomic E-state index is 12.4. The summed E-state index contributed by atoms with van der Waals surface area (Å²) >= 11 is 0. The predicted molar refractivity (Wildman–Crippen MR) is 78.2 cm³/mol. The van der Waals surface area contributed by atoms with Gasteiger partial charge in [0, 0.05) is 7.05 Å². The third-order valence-electron chi connectivity index (χ3n) is 3.28.